The molecule has 0 bridgehead atoms. The minimum atomic E-state index is -0.133. The first-order valence-corrected chi connectivity index (χ1v) is 18.6. The van der Waals surface area contributed by atoms with E-state index < -0.39 is 0 Å². The zero-order valence-electron chi connectivity index (χ0n) is 30.5. The Balaban J connectivity index is 1.19. The van der Waals surface area contributed by atoms with Crippen LogP contribution in [-0.4, -0.2) is 7.28 Å². The second-order valence-electron chi connectivity index (χ2n) is 15.9. The lowest BCUT2D eigenvalue weighted by atomic mass is 9.56. The van der Waals surface area contributed by atoms with Gasteiger partial charge >= 0.3 is 0 Å². The minimum Gasteiger partial charge on any atom is -0.355 e. The molecule has 0 unspecified atom stereocenters. The summed E-state index contributed by atoms with van der Waals surface area (Å²) in [4.78, 5) is 2.57. The molecule has 0 aromatic heterocycles. The number of nitrogens with zero attached hydrogens (tertiary/aromatic N) is 1. The van der Waals surface area contributed by atoms with E-state index in [4.69, 9.17) is 0 Å². The van der Waals surface area contributed by atoms with Crippen LogP contribution in [-0.2, 0) is 10.8 Å². The molecule has 0 spiro atoms. The molecule has 0 saturated carbocycles. The van der Waals surface area contributed by atoms with Crippen molar-refractivity contribution in [2.24, 2.45) is 0 Å². The van der Waals surface area contributed by atoms with Crippen molar-refractivity contribution in [3.05, 3.63) is 173 Å². The van der Waals surface area contributed by atoms with Crippen LogP contribution in [0.4, 0.5) is 28.4 Å². The SMILES string of the molecule is Cc1cc(-c2ccc(-c3ccccc3)cc2Nc2cccc3c2C(C)(C)c2ccccc2-3)c2c(c1)N1c3ccccc3C(C)(C)c3cccc(c31)B2. The second kappa shape index (κ2) is 11.1. The molecule has 7 aromatic carbocycles. The van der Waals surface area contributed by atoms with Crippen LogP contribution in [0, 0.1) is 6.92 Å². The van der Waals surface area contributed by atoms with E-state index in [9.17, 15) is 0 Å². The monoisotopic (exact) mass is 668 g/mol. The highest BCUT2D eigenvalue weighted by Crippen LogP contribution is 2.54. The Kier molecular flexibility index (Phi) is 6.61. The Labute approximate surface area is 308 Å². The molecule has 7 aromatic rings. The number of anilines is 5. The lowest BCUT2D eigenvalue weighted by molar-refractivity contribution is 0.632. The predicted octanol–water partition coefficient (Wildman–Crippen LogP) is 11.2. The van der Waals surface area contributed by atoms with Gasteiger partial charge in [0, 0.05) is 39.1 Å². The van der Waals surface area contributed by atoms with Gasteiger partial charge in [-0.25, -0.2) is 0 Å². The summed E-state index contributed by atoms with van der Waals surface area (Å²) in [5.74, 6) is 0. The third kappa shape index (κ3) is 4.38. The van der Waals surface area contributed by atoms with E-state index in [1.165, 1.54) is 89.2 Å². The van der Waals surface area contributed by atoms with Crippen LogP contribution in [0.25, 0.3) is 33.4 Å². The highest BCUT2D eigenvalue weighted by atomic mass is 15.2. The lowest BCUT2D eigenvalue weighted by Gasteiger charge is -2.46. The van der Waals surface area contributed by atoms with E-state index in [1.807, 2.05) is 0 Å². The largest absolute Gasteiger partial charge is 0.355 e. The van der Waals surface area contributed by atoms with Gasteiger partial charge in [0.25, 0.3) is 0 Å². The molecular formula is C49H41BN2. The van der Waals surface area contributed by atoms with Gasteiger partial charge in [-0.05, 0) is 92.3 Å². The van der Waals surface area contributed by atoms with Crippen LogP contribution < -0.4 is 21.1 Å². The van der Waals surface area contributed by atoms with Crippen molar-refractivity contribution in [1.82, 2.24) is 0 Å². The number of rotatable bonds is 4. The molecule has 10 rings (SSSR count). The Bertz CT molecular complexity index is 2600. The Morgan fingerprint density at radius 3 is 2.06 bits per heavy atom. The maximum Gasteiger partial charge on any atom is 0.198 e. The smallest absolute Gasteiger partial charge is 0.198 e. The van der Waals surface area contributed by atoms with Gasteiger partial charge in [-0.3, -0.25) is 0 Å². The fourth-order valence-electron chi connectivity index (χ4n) is 9.62. The van der Waals surface area contributed by atoms with Gasteiger partial charge in [-0.15, -0.1) is 0 Å². The molecule has 0 atom stereocenters. The molecule has 0 radical (unpaired) electrons. The third-order valence-electron chi connectivity index (χ3n) is 12.1. The van der Waals surface area contributed by atoms with E-state index in [0.717, 1.165) is 18.7 Å². The van der Waals surface area contributed by atoms with Crippen molar-refractivity contribution >= 4 is 46.6 Å². The van der Waals surface area contributed by atoms with Crippen molar-refractivity contribution in [3.8, 4) is 33.4 Å². The van der Waals surface area contributed by atoms with Crippen LogP contribution in [0.1, 0.15) is 55.5 Å². The van der Waals surface area contributed by atoms with Gasteiger partial charge < -0.3 is 10.2 Å². The van der Waals surface area contributed by atoms with E-state index in [-0.39, 0.29) is 10.8 Å². The average molecular weight is 669 g/mol. The van der Waals surface area contributed by atoms with Crippen LogP contribution in [0.3, 0.4) is 0 Å². The van der Waals surface area contributed by atoms with Crippen molar-refractivity contribution in [2.75, 3.05) is 10.2 Å². The zero-order chi connectivity index (χ0) is 35.4. The van der Waals surface area contributed by atoms with Gasteiger partial charge in [0.15, 0.2) is 7.28 Å². The van der Waals surface area contributed by atoms with Crippen LogP contribution in [0.5, 0.6) is 0 Å². The van der Waals surface area contributed by atoms with Crippen molar-refractivity contribution < 1.29 is 0 Å². The number of aryl methyl sites for hydroxylation is 1. The van der Waals surface area contributed by atoms with Gasteiger partial charge in [-0.2, -0.15) is 0 Å². The van der Waals surface area contributed by atoms with Crippen molar-refractivity contribution in [2.45, 2.75) is 45.4 Å². The molecule has 0 fully saturated rings. The number of fused-ring (bicyclic) bond motifs is 7. The quantitative estimate of drug-likeness (QED) is 0.188. The molecule has 1 N–H and O–H groups in total. The second-order valence-corrected chi connectivity index (χ2v) is 15.9. The summed E-state index contributed by atoms with van der Waals surface area (Å²) in [5, 5.41) is 4.08. The number of nitrogens with one attached hydrogen (secondary N) is 1. The standard InChI is InChI=1S/C49H41BN2/c1-30-27-36(46-44(28-30)52-43-24-12-11-20-38(43)48(2,3)39-21-14-22-40(50-46)47(39)52)34-26-25-32(31-15-7-6-8-16-31)29-42(34)51-41-23-13-18-35-33-17-9-10-19-37(33)49(4,5)45(35)41/h6-29,50-51H,1-5H3. The maximum atomic E-state index is 4.08. The molecule has 0 amide bonds. The summed E-state index contributed by atoms with van der Waals surface area (Å²) >= 11 is 0. The normalized spacial score (nSPS) is 15.1. The highest BCUT2D eigenvalue weighted by molar-refractivity contribution is 6.73. The summed E-state index contributed by atoms with van der Waals surface area (Å²) < 4.78 is 0. The van der Waals surface area contributed by atoms with E-state index in [2.05, 4.69) is 190 Å². The van der Waals surface area contributed by atoms with Gasteiger partial charge in [0.05, 0.1) is 5.69 Å². The molecule has 250 valence electrons. The zero-order valence-corrected chi connectivity index (χ0v) is 30.5. The van der Waals surface area contributed by atoms with Crippen LogP contribution in [0.15, 0.2) is 146 Å². The number of hydrogen-bond acceptors (Lipinski definition) is 2. The topological polar surface area (TPSA) is 15.3 Å². The first kappa shape index (κ1) is 31.0. The summed E-state index contributed by atoms with van der Waals surface area (Å²) in [7, 11) is 0.881. The highest BCUT2D eigenvalue weighted by Gasteiger charge is 2.41. The number of benzene rings is 7. The molecule has 1 aliphatic carbocycles. The van der Waals surface area contributed by atoms with Crippen molar-refractivity contribution in [1.29, 1.82) is 0 Å². The molecule has 3 aliphatic rings. The molecule has 2 aliphatic heterocycles. The van der Waals surface area contributed by atoms with Gasteiger partial charge in [-0.1, -0.05) is 154 Å². The molecule has 0 saturated heterocycles. The molecule has 2 heterocycles. The fraction of sp³-hybridized carbons (Fsp3) is 0.143. The van der Waals surface area contributed by atoms with Crippen molar-refractivity contribution in [3.63, 3.8) is 0 Å². The number of para-hydroxylation sites is 2. The molecule has 3 heteroatoms. The Morgan fingerprint density at radius 2 is 1.21 bits per heavy atom. The van der Waals surface area contributed by atoms with E-state index >= 15 is 0 Å². The predicted molar refractivity (Wildman–Crippen MR) is 223 cm³/mol. The average Bonchev–Trinajstić information content (AvgIpc) is 3.40. The minimum absolute atomic E-state index is 0.0870. The first-order valence-electron chi connectivity index (χ1n) is 18.6. The summed E-state index contributed by atoms with van der Waals surface area (Å²) in [6.07, 6.45) is 0. The van der Waals surface area contributed by atoms with Crippen LogP contribution >= 0.6 is 0 Å². The summed E-state index contributed by atoms with van der Waals surface area (Å²) in [6, 6.07) is 54.2. The maximum absolute atomic E-state index is 4.08. The van der Waals surface area contributed by atoms with Gasteiger partial charge in [0.2, 0.25) is 0 Å². The number of hydrogen-bond donors (Lipinski definition) is 1. The fourth-order valence-corrected chi connectivity index (χ4v) is 9.62. The van der Waals surface area contributed by atoms with E-state index in [0.29, 0.717) is 0 Å². The van der Waals surface area contributed by atoms with Gasteiger partial charge in [0.1, 0.15) is 0 Å². The summed E-state index contributed by atoms with van der Waals surface area (Å²) in [5.41, 5.74) is 23.1. The first-order chi connectivity index (χ1) is 25.2. The molecule has 2 nitrogen and oxygen atoms in total. The molecular weight excluding hydrogens is 627 g/mol. The van der Waals surface area contributed by atoms with E-state index in [1.54, 1.807) is 0 Å². The Hall–Kier alpha value is -5.80. The summed E-state index contributed by atoms with van der Waals surface area (Å²) in [6.45, 7) is 11.7. The van der Waals surface area contributed by atoms with Crippen LogP contribution in [0.2, 0.25) is 0 Å². The third-order valence-corrected chi connectivity index (χ3v) is 12.1. The lowest BCUT2D eigenvalue weighted by Crippen LogP contribution is -2.45. The molecule has 52 heavy (non-hydrogen) atoms. The Morgan fingerprint density at radius 1 is 0.500 bits per heavy atom.